The quantitative estimate of drug-likeness (QED) is 0.641. The molecular weight excluding hydrogens is 330 g/mol. The molecule has 0 fully saturated rings. The Morgan fingerprint density at radius 3 is 2.57 bits per heavy atom. The lowest BCUT2D eigenvalue weighted by Gasteiger charge is -2.12. The van der Waals surface area contributed by atoms with Crippen LogP contribution >= 0.6 is 23.2 Å². The van der Waals surface area contributed by atoms with E-state index >= 15 is 0 Å². The van der Waals surface area contributed by atoms with Crippen LogP contribution in [0, 0.1) is 5.95 Å². The molecule has 0 aliphatic heterocycles. The van der Waals surface area contributed by atoms with Gasteiger partial charge in [0, 0.05) is 0 Å². The van der Waals surface area contributed by atoms with Crippen molar-refractivity contribution in [3.8, 4) is 5.88 Å². The lowest BCUT2D eigenvalue weighted by Crippen LogP contribution is -2.28. The van der Waals surface area contributed by atoms with Crippen LogP contribution in [-0.4, -0.2) is 36.7 Å². The minimum absolute atomic E-state index is 0.241. The van der Waals surface area contributed by atoms with Gasteiger partial charge in [-0.1, -0.05) is 23.2 Å². The van der Waals surface area contributed by atoms with Gasteiger partial charge in [0.2, 0.25) is 11.8 Å². The summed E-state index contributed by atoms with van der Waals surface area (Å²) in [6, 6.07) is 0. The molecule has 10 heteroatoms. The third-order valence-electron chi connectivity index (χ3n) is 2.21. The molecule has 0 aliphatic carbocycles. The Labute approximate surface area is 129 Å². The highest BCUT2D eigenvalue weighted by Gasteiger charge is 2.20. The summed E-state index contributed by atoms with van der Waals surface area (Å²) in [6.07, 6.45) is -1.11. The van der Waals surface area contributed by atoms with Crippen molar-refractivity contribution in [1.29, 1.82) is 0 Å². The van der Waals surface area contributed by atoms with Crippen LogP contribution in [0.4, 0.5) is 10.1 Å². The summed E-state index contributed by atoms with van der Waals surface area (Å²) in [5, 5.41) is -0.690. The average molecular weight is 341 g/mol. The van der Waals surface area contributed by atoms with Gasteiger partial charge < -0.3 is 19.9 Å². The molecule has 1 atom stereocenters. The Hall–Kier alpha value is -1.80. The molecule has 0 amide bonds. The Kier molecular flexibility index (Phi) is 5.98. The SMILES string of the molecule is COC(=O)C(C)OC(=O)COc1nc(F)c(Cl)c(N)c1Cl. The van der Waals surface area contributed by atoms with Crippen LogP contribution in [0.15, 0.2) is 0 Å². The molecular formula is C11H11Cl2FN2O5. The average Bonchev–Trinajstić information content (AvgIpc) is 2.46. The molecule has 0 spiro atoms. The molecule has 7 nitrogen and oxygen atoms in total. The molecule has 0 aliphatic rings. The number of hydrogen-bond acceptors (Lipinski definition) is 7. The van der Waals surface area contributed by atoms with E-state index < -0.39 is 41.5 Å². The van der Waals surface area contributed by atoms with Gasteiger partial charge in [-0.3, -0.25) is 0 Å². The molecule has 1 heterocycles. The van der Waals surface area contributed by atoms with Crippen molar-refractivity contribution in [2.24, 2.45) is 0 Å². The number of nitrogens with zero attached hydrogens (tertiary/aromatic N) is 1. The van der Waals surface area contributed by atoms with Gasteiger partial charge in [-0.25, -0.2) is 9.59 Å². The molecule has 0 saturated heterocycles. The van der Waals surface area contributed by atoms with Gasteiger partial charge in [0.15, 0.2) is 12.7 Å². The molecule has 0 aromatic carbocycles. The molecule has 0 radical (unpaired) electrons. The van der Waals surface area contributed by atoms with Crippen LogP contribution < -0.4 is 10.5 Å². The van der Waals surface area contributed by atoms with Gasteiger partial charge in [-0.15, -0.1) is 0 Å². The van der Waals surface area contributed by atoms with E-state index in [1.165, 1.54) is 6.92 Å². The van der Waals surface area contributed by atoms with Gasteiger partial charge in [0.05, 0.1) is 12.8 Å². The predicted octanol–water partition coefficient (Wildman–Crippen LogP) is 1.59. The third kappa shape index (κ3) is 4.33. The summed E-state index contributed by atoms with van der Waals surface area (Å²) >= 11 is 11.2. The van der Waals surface area contributed by atoms with E-state index in [1.807, 2.05) is 0 Å². The molecule has 0 saturated carbocycles. The highest BCUT2D eigenvalue weighted by atomic mass is 35.5. The second-order valence-corrected chi connectivity index (χ2v) is 4.45. The predicted molar refractivity (Wildman–Crippen MR) is 71.7 cm³/mol. The van der Waals surface area contributed by atoms with Gasteiger partial charge in [-0.05, 0) is 6.92 Å². The largest absolute Gasteiger partial charge is 0.466 e. The maximum Gasteiger partial charge on any atom is 0.346 e. The number of rotatable bonds is 5. The Balaban J connectivity index is 2.68. The number of pyridine rings is 1. The number of carbonyl (C=O) groups is 2. The Morgan fingerprint density at radius 1 is 1.38 bits per heavy atom. The van der Waals surface area contributed by atoms with E-state index in [0.717, 1.165) is 7.11 Å². The van der Waals surface area contributed by atoms with Crippen LogP contribution in [0.5, 0.6) is 5.88 Å². The zero-order chi connectivity index (χ0) is 16.2. The maximum atomic E-state index is 13.3. The van der Waals surface area contributed by atoms with Crippen molar-refractivity contribution in [3.05, 3.63) is 16.0 Å². The molecule has 0 bridgehead atoms. The number of anilines is 1. The molecule has 21 heavy (non-hydrogen) atoms. The van der Waals surface area contributed by atoms with Crippen LogP contribution in [0.1, 0.15) is 6.92 Å². The van der Waals surface area contributed by atoms with E-state index in [4.69, 9.17) is 33.7 Å². The van der Waals surface area contributed by atoms with Crippen molar-refractivity contribution in [2.45, 2.75) is 13.0 Å². The fourth-order valence-corrected chi connectivity index (χ4v) is 1.55. The van der Waals surface area contributed by atoms with Gasteiger partial charge in [-0.2, -0.15) is 9.37 Å². The van der Waals surface area contributed by atoms with Gasteiger partial charge >= 0.3 is 11.9 Å². The number of methoxy groups -OCH3 is 1. The molecule has 1 unspecified atom stereocenters. The number of nitrogens with two attached hydrogens (primary N) is 1. The molecule has 1 aromatic rings. The maximum absolute atomic E-state index is 13.3. The van der Waals surface area contributed by atoms with Gasteiger partial charge in [0.1, 0.15) is 10.0 Å². The van der Waals surface area contributed by atoms with Crippen LogP contribution in [-0.2, 0) is 19.1 Å². The molecule has 1 aromatic heterocycles. The second-order valence-electron chi connectivity index (χ2n) is 3.69. The van der Waals surface area contributed by atoms with Crippen molar-refractivity contribution in [3.63, 3.8) is 0 Å². The smallest absolute Gasteiger partial charge is 0.346 e. The van der Waals surface area contributed by atoms with E-state index in [-0.39, 0.29) is 10.7 Å². The first-order chi connectivity index (χ1) is 9.77. The zero-order valence-corrected chi connectivity index (χ0v) is 12.5. The highest BCUT2D eigenvalue weighted by Crippen LogP contribution is 2.35. The Morgan fingerprint density at radius 2 is 2.00 bits per heavy atom. The molecule has 1 rings (SSSR count). The first-order valence-electron chi connectivity index (χ1n) is 5.48. The lowest BCUT2D eigenvalue weighted by molar-refractivity contribution is -0.165. The number of hydrogen-bond donors (Lipinski definition) is 1. The number of nitrogen functional groups attached to an aromatic ring is 1. The van der Waals surface area contributed by atoms with Crippen LogP contribution in [0.2, 0.25) is 10.0 Å². The summed E-state index contributed by atoms with van der Waals surface area (Å²) in [7, 11) is 1.14. The van der Waals surface area contributed by atoms with Crippen molar-refractivity contribution < 1.29 is 28.2 Å². The topological polar surface area (TPSA) is 101 Å². The number of esters is 2. The monoisotopic (exact) mass is 340 g/mol. The van der Waals surface area contributed by atoms with Crippen molar-refractivity contribution in [2.75, 3.05) is 19.5 Å². The number of carbonyl (C=O) groups excluding carboxylic acids is 2. The van der Waals surface area contributed by atoms with Gasteiger partial charge in [0.25, 0.3) is 0 Å². The summed E-state index contributed by atoms with van der Waals surface area (Å²) in [6.45, 7) is 0.656. The molecule has 2 N–H and O–H groups in total. The highest BCUT2D eigenvalue weighted by molar-refractivity contribution is 6.39. The fourth-order valence-electron chi connectivity index (χ4n) is 1.18. The number of halogens is 3. The third-order valence-corrected chi connectivity index (χ3v) is 2.93. The first-order valence-corrected chi connectivity index (χ1v) is 6.23. The van der Waals surface area contributed by atoms with E-state index in [1.54, 1.807) is 0 Å². The van der Waals surface area contributed by atoms with E-state index in [9.17, 15) is 14.0 Å². The normalized spacial score (nSPS) is 11.7. The number of aromatic nitrogens is 1. The van der Waals surface area contributed by atoms with E-state index in [2.05, 4.69) is 14.5 Å². The zero-order valence-electron chi connectivity index (χ0n) is 11.0. The lowest BCUT2D eigenvalue weighted by atomic mass is 10.4. The van der Waals surface area contributed by atoms with Crippen LogP contribution in [0.3, 0.4) is 0 Å². The van der Waals surface area contributed by atoms with E-state index in [0.29, 0.717) is 0 Å². The van der Waals surface area contributed by atoms with Crippen molar-refractivity contribution >= 4 is 40.8 Å². The minimum atomic E-state index is -1.11. The Bertz CT molecular complexity index is 570. The van der Waals surface area contributed by atoms with Crippen LogP contribution in [0.25, 0.3) is 0 Å². The summed E-state index contributed by atoms with van der Waals surface area (Å²) in [5.41, 5.74) is 5.16. The summed E-state index contributed by atoms with van der Waals surface area (Å²) < 4.78 is 27.2. The first kappa shape index (κ1) is 17.3. The summed E-state index contributed by atoms with van der Waals surface area (Å²) in [4.78, 5) is 25.8. The standard InChI is InChI=1S/C11H11Cl2FN2O5/c1-4(11(18)19-2)21-5(17)3-20-10-7(13)8(15)6(12)9(14)16-10/h4H,3H2,1-2H3,(H2,15,16). The number of ether oxygens (including phenoxy) is 3. The minimum Gasteiger partial charge on any atom is -0.466 e. The summed E-state index contributed by atoms with van der Waals surface area (Å²) in [5.74, 6) is -3.15. The second kappa shape index (κ2) is 7.28. The fraction of sp³-hybridized carbons (Fsp3) is 0.364. The molecule has 116 valence electrons. The van der Waals surface area contributed by atoms with Crippen molar-refractivity contribution in [1.82, 2.24) is 4.98 Å².